The van der Waals surface area contributed by atoms with Gasteiger partial charge in [0, 0.05) is 35.8 Å². The molecule has 5 nitrogen and oxygen atoms in total. The van der Waals surface area contributed by atoms with Crippen molar-refractivity contribution < 1.29 is 4.79 Å². The van der Waals surface area contributed by atoms with Crippen LogP contribution in [0.15, 0.2) is 30.5 Å². The van der Waals surface area contributed by atoms with Gasteiger partial charge in [-0.25, -0.2) is 9.97 Å². The number of carbonyl (C=O) groups is 1. The Hall–Kier alpha value is -2.53. The predicted molar refractivity (Wildman–Crippen MR) is 113 cm³/mol. The molecule has 3 aromatic rings. The van der Waals surface area contributed by atoms with Gasteiger partial charge in [-0.1, -0.05) is 23.7 Å². The van der Waals surface area contributed by atoms with E-state index in [1.54, 1.807) is 0 Å². The number of aromatic nitrogens is 3. The number of benzene rings is 1. The lowest BCUT2D eigenvalue weighted by Gasteiger charge is -2.40. The number of piperidine rings is 1. The first-order chi connectivity index (χ1) is 14.0. The fourth-order valence-corrected chi connectivity index (χ4v) is 5.24. The lowest BCUT2D eigenvalue weighted by molar-refractivity contribution is 0.0635. The Morgan fingerprint density at radius 2 is 2.07 bits per heavy atom. The molecule has 2 aliphatic rings. The van der Waals surface area contributed by atoms with E-state index < -0.39 is 0 Å². The highest BCUT2D eigenvalue weighted by molar-refractivity contribution is 6.35. The van der Waals surface area contributed by atoms with Crippen LogP contribution >= 0.6 is 11.6 Å². The monoisotopic (exact) mass is 406 g/mol. The molecule has 29 heavy (non-hydrogen) atoms. The molecular weight excluding hydrogens is 384 g/mol. The molecule has 6 heteroatoms. The molecule has 1 unspecified atom stereocenters. The van der Waals surface area contributed by atoms with Gasteiger partial charge >= 0.3 is 0 Å². The van der Waals surface area contributed by atoms with Crippen molar-refractivity contribution in [3.05, 3.63) is 63.8 Å². The summed E-state index contributed by atoms with van der Waals surface area (Å²) in [4.78, 5) is 29.3. The third-order valence-electron chi connectivity index (χ3n) is 6.37. The van der Waals surface area contributed by atoms with Gasteiger partial charge in [-0.2, -0.15) is 0 Å². The molecule has 1 amide bonds. The number of hydrogen-bond acceptors (Lipinski definition) is 4. The number of carbonyl (C=O) groups excluding carboxylic acids is 1. The van der Waals surface area contributed by atoms with Crippen LogP contribution in [0, 0.1) is 13.8 Å². The van der Waals surface area contributed by atoms with Gasteiger partial charge in [-0.3, -0.25) is 9.78 Å². The number of halogens is 1. The van der Waals surface area contributed by atoms with Crippen LogP contribution in [0.1, 0.15) is 52.4 Å². The summed E-state index contributed by atoms with van der Waals surface area (Å²) < 4.78 is 0. The second-order valence-electron chi connectivity index (χ2n) is 8.35. The Morgan fingerprint density at radius 3 is 2.93 bits per heavy atom. The van der Waals surface area contributed by atoms with Crippen LogP contribution in [0.3, 0.4) is 0 Å². The van der Waals surface area contributed by atoms with Gasteiger partial charge in [-0.15, -0.1) is 0 Å². The highest BCUT2D eigenvalue weighted by atomic mass is 35.5. The zero-order chi connectivity index (χ0) is 20.2. The Balaban J connectivity index is 1.54. The molecule has 1 aliphatic carbocycles. The minimum Gasteiger partial charge on any atom is -0.338 e. The van der Waals surface area contributed by atoms with Crippen molar-refractivity contribution >= 4 is 28.4 Å². The van der Waals surface area contributed by atoms with Gasteiger partial charge in [0.15, 0.2) is 0 Å². The maximum Gasteiger partial charge on any atom is 0.254 e. The topological polar surface area (TPSA) is 59.0 Å². The molecule has 0 N–H and O–H groups in total. The van der Waals surface area contributed by atoms with Crippen LogP contribution in [0.4, 0.5) is 0 Å². The van der Waals surface area contributed by atoms with Crippen LogP contribution in [0.5, 0.6) is 0 Å². The summed E-state index contributed by atoms with van der Waals surface area (Å²) >= 11 is 6.36. The van der Waals surface area contributed by atoms with E-state index in [4.69, 9.17) is 16.6 Å². The Morgan fingerprint density at radius 1 is 1.21 bits per heavy atom. The molecule has 3 heterocycles. The van der Waals surface area contributed by atoms with Crippen molar-refractivity contribution in [3.63, 3.8) is 0 Å². The van der Waals surface area contributed by atoms with Gasteiger partial charge in [0.05, 0.1) is 21.8 Å². The quantitative estimate of drug-likeness (QED) is 0.600. The first kappa shape index (κ1) is 18.5. The largest absolute Gasteiger partial charge is 0.338 e. The van der Waals surface area contributed by atoms with Crippen LogP contribution in [0.2, 0.25) is 5.02 Å². The molecule has 0 radical (unpaired) electrons. The van der Waals surface area contributed by atoms with Crippen molar-refractivity contribution in [2.75, 3.05) is 13.1 Å². The SMILES string of the molecule is Cc1cc(C(=O)N2CCCC3(CCc4cnc(C)nc43)C2)c2cccc(Cl)c2n1. The summed E-state index contributed by atoms with van der Waals surface area (Å²) in [6.45, 7) is 5.32. The Labute approximate surface area is 175 Å². The molecular formula is C23H23ClN4O. The third-order valence-corrected chi connectivity index (χ3v) is 6.68. The van der Waals surface area contributed by atoms with Crippen molar-refractivity contribution in [1.29, 1.82) is 0 Å². The molecule has 148 valence electrons. The Bertz CT molecular complexity index is 1140. The van der Waals surface area contributed by atoms with E-state index in [1.165, 1.54) is 5.56 Å². The van der Waals surface area contributed by atoms with Gasteiger partial charge in [0.25, 0.3) is 5.91 Å². The summed E-state index contributed by atoms with van der Waals surface area (Å²) in [5.74, 6) is 0.861. The summed E-state index contributed by atoms with van der Waals surface area (Å²) in [5.41, 5.74) is 4.52. The van der Waals surface area contributed by atoms with E-state index in [0.717, 1.165) is 54.8 Å². The summed E-state index contributed by atoms with van der Waals surface area (Å²) in [6.07, 6.45) is 6.05. The third kappa shape index (κ3) is 2.99. The molecule has 1 saturated heterocycles. The average molecular weight is 407 g/mol. The number of fused-ring (bicyclic) bond motifs is 3. The zero-order valence-corrected chi connectivity index (χ0v) is 17.5. The molecule has 1 atom stereocenters. The molecule has 1 fully saturated rings. The molecule has 5 rings (SSSR count). The number of amides is 1. The van der Waals surface area contributed by atoms with Gasteiger partial charge in [0.1, 0.15) is 5.82 Å². The van der Waals surface area contributed by atoms with Crippen LogP contribution < -0.4 is 0 Å². The number of nitrogens with zero attached hydrogens (tertiary/aromatic N) is 4. The highest BCUT2D eigenvalue weighted by Gasteiger charge is 2.44. The minimum absolute atomic E-state index is 0.0491. The first-order valence-electron chi connectivity index (χ1n) is 10.1. The lowest BCUT2D eigenvalue weighted by Crippen LogP contribution is -2.48. The van der Waals surface area contributed by atoms with Gasteiger partial charge < -0.3 is 4.90 Å². The molecule has 0 bridgehead atoms. The fourth-order valence-electron chi connectivity index (χ4n) is 5.02. The normalized spacial score (nSPS) is 21.0. The van der Waals surface area contributed by atoms with Crippen LogP contribution in [-0.2, 0) is 11.8 Å². The standard InChI is InChI=1S/C23H23ClN4O/c1-14-11-18(17-5-3-6-19(24)20(17)26-14)22(29)28-10-4-8-23(13-28)9-7-16-12-25-15(2)27-21(16)23/h3,5-6,11-12H,4,7-10,13H2,1-2H3. The smallest absolute Gasteiger partial charge is 0.254 e. The molecule has 2 aromatic heterocycles. The molecule has 1 spiro atoms. The van der Waals surface area contributed by atoms with E-state index in [2.05, 4.69) is 9.97 Å². The maximum atomic E-state index is 13.6. The average Bonchev–Trinajstić information content (AvgIpc) is 3.05. The minimum atomic E-state index is -0.0491. The highest BCUT2D eigenvalue weighted by Crippen LogP contribution is 2.44. The van der Waals surface area contributed by atoms with Crippen molar-refractivity contribution in [2.45, 2.75) is 44.9 Å². The van der Waals surface area contributed by atoms with E-state index in [1.807, 2.05) is 49.2 Å². The molecule has 1 aliphatic heterocycles. The number of rotatable bonds is 1. The zero-order valence-electron chi connectivity index (χ0n) is 16.7. The van der Waals surface area contributed by atoms with Crippen LogP contribution in [-0.4, -0.2) is 38.8 Å². The second-order valence-corrected chi connectivity index (χ2v) is 8.76. The van der Waals surface area contributed by atoms with E-state index in [0.29, 0.717) is 22.6 Å². The number of para-hydroxylation sites is 1. The van der Waals surface area contributed by atoms with Crippen LogP contribution in [0.25, 0.3) is 10.9 Å². The summed E-state index contributed by atoms with van der Waals surface area (Å²) in [7, 11) is 0. The van der Waals surface area contributed by atoms with E-state index in [-0.39, 0.29) is 11.3 Å². The fraction of sp³-hybridized carbons (Fsp3) is 0.391. The van der Waals surface area contributed by atoms with E-state index in [9.17, 15) is 4.79 Å². The number of likely N-dealkylation sites (tertiary alicyclic amines) is 1. The maximum absolute atomic E-state index is 13.6. The predicted octanol–water partition coefficient (Wildman–Crippen LogP) is 4.42. The second kappa shape index (κ2) is 6.77. The van der Waals surface area contributed by atoms with Crippen molar-refractivity contribution in [2.24, 2.45) is 0 Å². The van der Waals surface area contributed by atoms with Gasteiger partial charge in [0.2, 0.25) is 0 Å². The number of aryl methyl sites for hydroxylation is 3. The first-order valence-corrected chi connectivity index (χ1v) is 10.5. The van der Waals surface area contributed by atoms with Crippen molar-refractivity contribution in [3.8, 4) is 0 Å². The van der Waals surface area contributed by atoms with E-state index >= 15 is 0 Å². The molecule has 0 saturated carbocycles. The molecule has 1 aromatic carbocycles. The lowest BCUT2D eigenvalue weighted by atomic mass is 9.77. The number of pyridine rings is 1. The van der Waals surface area contributed by atoms with Crippen molar-refractivity contribution in [1.82, 2.24) is 19.9 Å². The summed E-state index contributed by atoms with van der Waals surface area (Å²) in [6, 6.07) is 7.51. The van der Waals surface area contributed by atoms with Gasteiger partial charge in [-0.05, 0) is 57.2 Å². The number of hydrogen-bond donors (Lipinski definition) is 0. The Kier molecular flexibility index (Phi) is 4.32. The summed E-state index contributed by atoms with van der Waals surface area (Å²) in [5, 5.41) is 1.39.